The zero-order valence-corrected chi connectivity index (χ0v) is 14.7. The molecule has 0 spiro atoms. The van der Waals surface area contributed by atoms with Crippen LogP contribution in [0.4, 0.5) is 0 Å². The number of carboxylic acids is 1. The molecule has 0 fully saturated rings. The van der Waals surface area contributed by atoms with Gasteiger partial charge in [0.25, 0.3) is 5.56 Å². The largest absolute Gasteiger partial charge is 0.481 e. The van der Waals surface area contributed by atoms with Gasteiger partial charge in [0.1, 0.15) is 0 Å². The lowest BCUT2D eigenvalue weighted by Crippen LogP contribution is -2.39. The van der Waals surface area contributed by atoms with E-state index in [0.29, 0.717) is 10.9 Å². The second-order valence-corrected chi connectivity index (χ2v) is 6.29. The Kier molecular flexibility index (Phi) is 5.90. The first-order chi connectivity index (χ1) is 11.8. The Labute approximate surface area is 145 Å². The Bertz CT molecular complexity index is 842. The highest BCUT2D eigenvalue weighted by Crippen LogP contribution is 2.11. The van der Waals surface area contributed by atoms with Crippen LogP contribution in [0.15, 0.2) is 29.3 Å². The van der Waals surface area contributed by atoms with Gasteiger partial charge in [0.15, 0.2) is 0 Å². The van der Waals surface area contributed by atoms with Crippen molar-refractivity contribution in [2.24, 2.45) is 0 Å². The van der Waals surface area contributed by atoms with Gasteiger partial charge in [0, 0.05) is 25.6 Å². The van der Waals surface area contributed by atoms with Crippen molar-refractivity contribution >= 4 is 22.8 Å². The van der Waals surface area contributed by atoms with Crippen molar-refractivity contribution < 1.29 is 14.7 Å². The Morgan fingerprint density at radius 3 is 2.64 bits per heavy atom. The quantitative estimate of drug-likeness (QED) is 0.826. The normalized spacial score (nSPS) is 11.0. The molecule has 0 saturated heterocycles. The highest BCUT2D eigenvalue weighted by atomic mass is 16.4. The third kappa shape index (κ3) is 4.43. The van der Waals surface area contributed by atoms with Crippen LogP contribution in [0, 0.1) is 6.92 Å². The molecule has 7 nitrogen and oxygen atoms in total. The first kappa shape index (κ1) is 18.6. The van der Waals surface area contributed by atoms with Gasteiger partial charge in [-0.15, -0.1) is 0 Å². The van der Waals surface area contributed by atoms with Crippen molar-refractivity contribution in [2.75, 3.05) is 6.54 Å². The molecule has 2 rings (SSSR count). The van der Waals surface area contributed by atoms with E-state index in [0.717, 1.165) is 5.56 Å². The molecule has 0 atom stereocenters. The van der Waals surface area contributed by atoms with E-state index in [4.69, 9.17) is 5.11 Å². The van der Waals surface area contributed by atoms with Crippen LogP contribution in [0.2, 0.25) is 0 Å². The first-order valence-corrected chi connectivity index (χ1v) is 8.27. The van der Waals surface area contributed by atoms with Gasteiger partial charge in [0.05, 0.1) is 23.7 Å². The van der Waals surface area contributed by atoms with Gasteiger partial charge in [-0.1, -0.05) is 12.1 Å². The molecular weight excluding hydrogens is 322 g/mol. The van der Waals surface area contributed by atoms with Crippen molar-refractivity contribution in [1.82, 2.24) is 14.5 Å². The second-order valence-electron chi connectivity index (χ2n) is 6.29. The summed E-state index contributed by atoms with van der Waals surface area (Å²) in [6.45, 7) is 5.95. The van der Waals surface area contributed by atoms with E-state index in [-0.39, 0.29) is 43.4 Å². The summed E-state index contributed by atoms with van der Waals surface area (Å²) in [6.07, 6.45) is 1.49. The van der Waals surface area contributed by atoms with Crippen LogP contribution in [-0.4, -0.2) is 44.0 Å². The van der Waals surface area contributed by atoms with Gasteiger partial charge < -0.3 is 10.0 Å². The zero-order valence-electron chi connectivity index (χ0n) is 14.7. The number of amides is 1. The fourth-order valence-electron chi connectivity index (χ4n) is 2.74. The summed E-state index contributed by atoms with van der Waals surface area (Å²) >= 11 is 0. The van der Waals surface area contributed by atoms with Gasteiger partial charge in [-0.3, -0.25) is 19.0 Å². The fourth-order valence-corrected chi connectivity index (χ4v) is 2.74. The molecule has 25 heavy (non-hydrogen) atoms. The number of carboxylic acid groups (broad SMARTS) is 1. The van der Waals surface area contributed by atoms with E-state index in [2.05, 4.69) is 4.98 Å². The number of rotatable bonds is 7. The second kappa shape index (κ2) is 7.92. The average Bonchev–Trinajstić information content (AvgIpc) is 2.54. The number of benzene rings is 1. The topological polar surface area (TPSA) is 92.5 Å². The highest BCUT2D eigenvalue weighted by molar-refractivity contribution is 5.80. The standard InChI is InChI=1S/C18H23N3O4/c1-12(2)21(10-8-16(23)24)15(22)7-9-20-11-19-17-13(3)5-4-6-14(17)18(20)25/h4-6,11-12H,7-10H2,1-3H3,(H,23,24). The van der Waals surface area contributed by atoms with E-state index < -0.39 is 5.97 Å². The smallest absolute Gasteiger partial charge is 0.305 e. The molecule has 1 aromatic heterocycles. The molecule has 1 heterocycles. The highest BCUT2D eigenvalue weighted by Gasteiger charge is 2.18. The number of aromatic nitrogens is 2. The van der Waals surface area contributed by atoms with Crippen LogP contribution in [-0.2, 0) is 16.1 Å². The van der Waals surface area contributed by atoms with Crippen molar-refractivity contribution in [3.05, 3.63) is 40.4 Å². The summed E-state index contributed by atoms with van der Waals surface area (Å²) < 4.78 is 1.43. The molecule has 134 valence electrons. The van der Waals surface area contributed by atoms with E-state index in [9.17, 15) is 14.4 Å². The Hall–Kier alpha value is -2.70. The van der Waals surface area contributed by atoms with Crippen LogP contribution in [0.3, 0.4) is 0 Å². The van der Waals surface area contributed by atoms with Crippen LogP contribution in [0.25, 0.3) is 10.9 Å². The monoisotopic (exact) mass is 345 g/mol. The van der Waals surface area contributed by atoms with Gasteiger partial charge in [-0.05, 0) is 32.4 Å². The predicted octanol–water partition coefficient (Wildman–Crippen LogP) is 1.81. The molecule has 1 aromatic carbocycles. The van der Waals surface area contributed by atoms with E-state index in [1.54, 1.807) is 6.07 Å². The maximum atomic E-state index is 12.5. The minimum Gasteiger partial charge on any atom is -0.481 e. The maximum Gasteiger partial charge on any atom is 0.305 e. The fraction of sp³-hybridized carbons (Fsp3) is 0.444. The zero-order chi connectivity index (χ0) is 18.6. The minimum atomic E-state index is -0.941. The maximum absolute atomic E-state index is 12.5. The van der Waals surface area contributed by atoms with Gasteiger partial charge in [-0.25, -0.2) is 4.98 Å². The summed E-state index contributed by atoms with van der Waals surface area (Å²) in [6, 6.07) is 5.33. The van der Waals surface area contributed by atoms with E-state index in [1.165, 1.54) is 15.8 Å². The molecule has 0 aliphatic heterocycles. The molecule has 0 aliphatic rings. The van der Waals surface area contributed by atoms with Crippen LogP contribution in [0.1, 0.15) is 32.3 Å². The lowest BCUT2D eigenvalue weighted by molar-refractivity contribution is -0.139. The van der Waals surface area contributed by atoms with Crippen molar-refractivity contribution in [2.45, 2.75) is 46.2 Å². The lowest BCUT2D eigenvalue weighted by atomic mass is 10.1. The summed E-state index contributed by atoms with van der Waals surface area (Å²) in [5, 5.41) is 9.33. The molecule has 1 amide bonds. The summed E-state index contributed by atoms with van der Waals surface area (Å²) in [7, 11) is 0. The first-order valence-electron chi connectivity index (χ1n) is 8.27. The van der Waals surface area contributed by atoms with Gasteiger partial charge in [0.2, 0.25) is 5.91 Å². The molecule has 0 bridgehead atoms. The van der Waals surface area contributed by atoms with Gasteiger partial charge in [-0.2, -0.15) is 0 Å². The summed E-state index contributed by atoms with van der Waals surface area (Å²) in [5.41, 5.74) is 1.42. The number of aryl methyl sites for hydroxylation is 2. The molecule has 0 unspecified atom stereocenters. The summed E-state index contributed by atoms with van der Waals surface area (Å²) in [5.74, 6) is -1.11. The molecule has 2 aromatic rings. The van der Waals surface area contributed by atoms with E-state index in [1.807, 2.05) is 32.9 Å². The summed E-state index contributed by atoms with van der Waals surface area (Å²) in [4.78, 5) is 41.5. The van der Waals surface area contributed by atoms with Crippen molar-refractivity contribution in [3.8, 4) is 0 Å². The minimum absolute atomic E-state index is 0.0963. The number of nitrogens with zero attached hydrogens (tertiary/aromatic N) is 3. The lowest BCUT2D eigenvalue weighted by Gasteiger charge is -2.26. The van der Waals surface area contributed by atoms with Gasteiger partial charge >= 0.3 is 5.97 Å². The Morgan fingerprint density at radius 2 is 2.00 bits per heavy atom. The Morgan fingerprint density at radius 1 is 1.28 bits per heavy atom. The molecule has 7 heteroatoms. The molecular formula is C18H23N3O4. The number of para-hydroxylation sites is 1. The average molecular weight is 345 g/mol. The number of carbonyl (C=O) groups excluding carboxylic acids is 1. The molecule has 0 aliphatic carbocycles. The number of aliphatic carboxylic acids is 1. The molecule has 0 radical (unpaired) electrons. The van der Waals surface area contributed by atoms with Crippen LogP contribution in [0.5, 0.6) is 0 Å². The van der Waals surface area contributed by atoms with Crippen molar-refractivity contribution in [3.63, 3.8) is 0 Å². The number of hydrogen-bond donors (Lipinski definition) is 1. The molecule has 1 N–H and O–H groups in total. The van der Waals surface area contributed by atoms with Crippen LogP contribution < -0.4 is 5.56 Å². The van der Waals surface area contributed by atoms with Crippen molar-refractivity contribution in [1.29, 1.82) is 0 Å². The predicted molar refractivity (Wildman–Crippen MR) is 94.5 cm³/mol. The SMILES string of the molecule is Cc1cccc2c(=O)n(CCC(=O)N(CCC(=O)O)C(C)C)cnc12. The van der Waals surface area contributed by atoms with E-state index >= 15 is 0 Å². The van der Waals surface area contributed by atoms with Crippen LogP contribution >= 0.6 is 0 Å². The third-order valence-corrected chi connectivity index (χ3v) is 4.13. The molecule has 0 saturated carbocycles. The number of carbonyl (C=O) groups is 2. The Balaban J connectivity index is 2.13. The number of hydrogen-bond acceptors (Lipinski definition) is 4. The third-order valence-electron chi connectivity index (χ3n) is 4.13. The number of fused-ring (bicyclic) bond motifs is 1.